The average Bonchev–Trinajstić information content (AvgIpc) is 3.79. The molecule has 0 aliphatic heterocycles. The Balaban J connectivity index is 1.29. The summed E-state index contributed by atoms with van der Waals surface area (Å²) in [6, 6.07) is 14.7. The first-order valence-electron chi connectivity index (χ1n) is 15.1. The molecule has 1 unspecified atom stereocenters. The molecule has 232 valence electrons. The SMILES string of the molecule is Cc1n[nH]c(C)c1-c1ccc(NC(=O)C(NC(=O)c2ccnn2C)[C@@H]2CCc3ccc(-c4cnn(CC(C)(C)O)c4)cc32)cc1. The topological polar surface area (TPSA) is 143 Å². The molecule has 3 aromatic heterocycles. The van der Waals surface area contributed by atoms with Gasteiger partial charge in [-0.1, -0.05) is 30.3 Å². The average molecular weight is 607 g/mol. The lowest BCUT2D eigenvalue weighted by Gasteiger charge is -2.25. The fourth-order valence-corrected chi connectivity index (χ4v) is 6.23. The lowest BCUT2D eigenvalue weighted by molar-refractivity contribution is -0.118. The summed E-state index contributed by atoms with van der Waals surface area (Å²) in [6.45, 7) is 7.79. The Morgan fingerprint density at radius 1 is 1.07 bits per heavy atom. The van der Waals surface area contributed by atoms with Crippen molar-refractivity contribution < 1.29 is 14.7 Å². The summed E-state index contributed by atoms with van der Waals surface area (Å²) in [7, 11) is 1.70. The zero-order chi connectivity index (χ0) is 31.9. The second kappa shape index (κ2) is 11.8. The van der Waals surface area contributed by atoms with Crippen LogP contribution in [-0.4, -0.2) is 58.3 Å². The van der Waals surface area contributed by atoms with E-state index in [0.29, 0.717) is 24.3 Å². The minimum Gasteiger partial charge on any atom is -0.389 e. The fraction of sp³-hybridized carbons (Fsp3) is 0.324. The number of nitrogens with one attached hydrogen (secondary N) is 3. The highest BCUT2D eigenvalue weighted by atomic mass is 16.3. The molecule has 2 amide bonds. The van der Waals surface area contributed by atoms with Gasteiger partial charge in [-0.3, -0.25) is 24.1 Å². The summed E-state index contributed by atoms with van der Waals surface area (Å²) < 4.78 is 3.22. The number of nitrogens with zero attached hydrogens (tertiary/aromatic N) is 5. The van der Waals surface area contributed by atoms with Gasteiger partial charge in [0.1, 0.15) is 11.7 Å². The van der Waals surface area contributed by atoms with Gasteiger partial charge in [-0.05, 0) is 81.0 Å². The van der Waals surface area contributed by atoms with Gasteiger partial charge >= 0.3 is 0 Å². The Morgan fingerprint density at radius 2 is 1.82 bits per heavy atom. The first-order valence-corrected chi connectivity index (χ1v) is 15.1. The third kappa shape index (κ3) is 6.30. The van der Waals surface area contributed by atoms with Gasteiger partial charge in [0.25, 0.3) is 5.91 Å². The van der Waals surface area contributed by atoms with Gasteiger partial charge in [0, 0.05) is 47.9 Å². The third-order valence-electron chi connectivity index (χ3n) is 8.38. The van der Waals surface area contributed by atoms with E-state index in [1.165, 1.54) is 4.68 Å². The Bertz CT molecular complexity index is 1840. The van der Waals surface area contributed by atoms with Gasteiger partial charge in [0.05, 0.1) is 24.0 Å². The number of aromatic nitrogens is 6. The summed E-state index contributed by atoms with van der Waals surface area (Å²) in [5.74, 6) is -0.914. The molecular weight excluding hydrogens is 568 g/mol. The smallest absolute Gasteiger partial charge is 0.270 e. The van der Waals surface area contributed by atoms with Gasteiger partial charge in [-0.25, -0.2) is 0 Å². The van der Waals surface area contributed by atoms with Crippen LogP contribution in [0.2, 0.25) is 0 Å². The Labute approximate surface area is 261 Å². The van der Waals surface area contributed by atoms with Gasteiger partial charge in [-0.15, -0.1) is 0 Å². The van der Waals surface area contributed by atoms with Crippen molar-refractivity contribution in [2.45, 2.75) is 64.6 Å². The van der Waals surface area contributed by atoms with E-state index in [1.54, 1.807) is 44.0 Å². The number of aromatic amines is 1. The first kappa shape index (κ1) is 30.0. The zero-order valence-corrected chi connectivity index (χ0v) is 26.1. The first-order chi connectivity index (χ1) is 21.5. The van der Waals surface area contributed by atoms with Crippen molar-refractivity contribution in [2.24, 2.45) is 7.05 Å². The van der Waals surface area contributed by atoms with Crippen molar-refractivity contribution in [3.63, 3.8) is 0 Å². The monoisotopic (exact) mass is 606 g/mol. The predicted molar refractivity (Wildman–Crippen MR) is 172 cm³/mol. The summed E-state index contributed by atoms with van der Waals surface area (Å²) in [5, 5.41) is 32.2. The van der Waals surface area contributed by atoms with Gasteiger partial charge < -0.3 is 15.7 Å². The maximum atomic E-state index is 14.0. The van der Waals surface area contributed by atoms with Gasteiger partial charge in [-0.2, -0.15) is 15.3 Å². The van der Waals surface area contributed by atoms with Crippen molar-refractivity contribution in [2.75, 3.05) is 5.32 Å². The molecular formula is C34H38N8O3. The molecule has 2 aromatic carbocycles. The third-order valence-corrected chi connectivity index (χ3v) is 8.38. The number of benzene rings is 2. The van der Waals surface area contributed by atoms with Crippen molar-refractivity contribution in [1.29, 1.82) is 0 Å². The zero-order valence-electron chi connectivity index (χ0n) is 26.1. The number of amides is 2. The van der Waals surface area contributed by atoms with Crippen LogP contribution in [0.4, 0.5) is 5.69 Å². The summed E-state index contributed by atoms with van der Waals surface area (Å²) in [5.41, 5.74) is 8.08. The van der Waals surface area contributed by atoms with Gasteiger partial charge in [0.2, 0.25) is 5.91 Å². The molecule has 0 spiro atoms. The fourth-order valence-electron chi connectivity index (χ4n) is 6.23. The van der Waals surface area contributed by atoms with Crippen molar-refractivity contribution in [1.82, 2.24) is 35.1 Å². The van der Waals surface area contributed by atoms with Crippen LogP contribution in [0.3, 0.4) is 0 Å². The number of H-pyrrole nitrogens is 1. The van der Waals surface area contributed by atoms with E-state index in [2.05, 4.69) is 49.2 Å². The van der Waals surface area contributed by atoms with E-state index in [-0.39, 0.29) is 17.7 Å². The summed E-state index contributed by atoms with van der Waals surface area (Å²) in [4.78, 5) is 27.4. The van der Waals surface area contributed by atoms with E-state index in [9.17, 15) is 14.7 Å². The van der Waals surface area contributed by atoms with Crippen molar-refractivity contribution >= 4 is 17.5 Å². The quantitative estimate of drug-likeness (QED) is 0.194. The number of fused-ring (bicyclic) bond motifs is 1. The molecule has 3 heterocycles. The molecule has 0 saturated heterocycles. The Hall–Kier alpha value is -5.03. The van der Waals surface area contributed by atoms with E-state index < -0.39 is 11.6 Å². The largest absolute Gasteiger partial charge is 0.389 e. The number of carbonyl (C=O) groups excluding carboxylic acids is 2. The van der Waals surface area contributed by atoms with Crippen LogP contribution in [0.5, 0.6) is 0 Å². The molecule has 2 atom stereocenters. The van der Waals surface area contributed by atoms with Crippen LogP contribution in [0.15, 0.2) is 67.1 Å². The van der Waals surface area contributed by atoms with Gasteiger partial charge in [0.15, 0.2) is 0 Å². The van der Waals surface area contributed by atoms with Crippen molar-refractivity contribution in [3.05, 3.63) is 95.3 Å². The summed E-state index contributed by atoms with van der Waals surface area (Å²) >= 11 is 0. The number of rotatable bonds is 9. The van der Waals surface area contributed by atoms with E-state index >= 15 is 0 Å². The molecule has 1 aliphatic carbocycles. The number of hydrogen-bond acceptors (Lipinski definition) is 6. The highest BCUT2D eigenvalue weighted by Gasteiger charge is 2.36. The predicted octanol–water partition coefficient (Wildman–Crippen LogP) is 4.53. The lowest BCUT2D eigenvalue weighted by atomic mass is 9.90. The van der Waals surface area contributed by atoms with E-state index in [0.717, 1.165) is 51.2 Å². The number of aryl methyl sites for hydroxylation is 4. The Kier molecular flexibility index (Phi) is 7.88. The maximum absolute atomic E-state index is 14.0. The minimum absolute atomic E-state index is 0.251. The normalized spacial score (nSPS) is 15.1. The molecule has 4 N–H and O–H groups in total. The number of aliphatic hydroxyl groups is 1. The molecule has 0 saturated carbocycles. The minimum atomic E-state index is -0.892. The maximum Gasteiger partial charge on any atom is 0.270 e. The second-order valence-corrected chi connectivity index (χ2v) is 12.5. The van der Waals surface area contributed by atoms with Crippen LogP contribution in [-0.2, 0) is 24.8 Å². The highest BCUT2D eigenvalue weighted by molar-refractivity contribution is 6.01. The van der Waals surface area contributed by atoms with Crippen LogP contribution in [0.1, 0.15) is 59.2 Å². The summed E-state index contributed by atoms with van der Waals surface area (Å²) in [6.07, 6.45) is 6.75. The molecule has 0 fully saturated rings. The standard InChI is InChI=1S/C34H38N8O3/c1-20-30(21(2)40-39-20)23-8-11-26(12-9-23)37-33(44)31(38-32(43)29-14-15-35-41(29)5)27-13-10-22-6-7-24(16-28(22)27)25-17-36-42(18-25)19-34(3,4)45/h6-9,11-12,14-18,27,31,45H,10,13,19H2,1-5H3,(H,37,44)(H,38,43)(H,39,40)/t27-,31?/m1/s1. The van der Waals surface area contributed by atoms with E-state index in [4.69, 9.17) is 0 Å². The molecule has 6 rings (SSSR count). The lowest BCUT2D eigenvalue weighted by Crippen LogP contribution is -2.47. The molecule has 0 bridgehead atoms. The van der Waals surface area contributed by atoms with Crippen LogP contribution in [0.25, 0.3) is 22.3 Å². The molecule has 0 radical (unpaired) electrons. The van der Waals surface area contributed by atoms with Crippen LogP contribution >= 0.6 is 0 Å². The van der Waals surface area contributed by atoms with Crippen LogP contribution < -0.4 is 10.6 Å². The second-order valence-electron chi connectivity index (χ2n) is 12.5. The number of hydrogen-bond donors (Lipinski definition) is 4. The molecule has 1 aliphatic rings. The molecule has 11 nitrogen and oxygen atoms in total. The van der Waals surface area contributed by atoms with Crippen molar-refractivity contribution in [3.8, 4) is 22.3 Å². The number of carbonyl (C=O) groups is 2. The van der Waals surface area contributed by atoms with E-state index in [1.807, 2.05) is 44.3 Å². The highest BCUT2D eigenvalue weighted by Crippen LogP contribution is 2.39. The van der Waals surface area contributed by atoms with Crippen LogP contribution in [0, 0.1) is 13.8 Å². The molecule has 45 heavy (non-hydrogen) atoms. The number of anilines is 1. The Morgan fingerprint density at radius 3 is 2.49 bits per heavy atom. The molecule has 5 aromatic rings. The molecule has 11 heteroatoms.